The predicted molar refractivity (Wildman–Crippen MR) is 119 cm³/mol. The van der Waals surface area contributed by atoms with Crippen molar-refractivity contribution >= 4 is 5.69 Å². The van der Waals surface area contributed by atoms with Gasteiger partial charge < -0.3 is 14.2 Å². The van der Waals surface area contributed by atoms with Crippen LogP contribution in [0, 0.1) is 0 Å². The van der Waals surface area contributed by atoms with Crippen LogP contribution in [0.5, 0.6) is 5.75 Å². The van der Waals surface area contributed by atoms with E-state index in [4.69, 9.17) is 4.74 Å². The van der Waals surface area contributed by atoms with Gasteiger partial charge in [-0.15, -0.1) is 0 Å². The lowest BCUT2D eigenvalue weighted by Crippen LogP contribution is -2.19. The van der Waals surface area contributed by atoms with Gasteiger partial charge in [-0.2, -0.15) is 0 Å². The smallest absolute Gasteiger partial charge is 0.119 e. The van der Waals surface area contributed by atoms with Gasteiger partial charge in [0.25, 0.3) is 0 Å². The van der Waals surface area contributed by atoms with Crippen LogP contribution in [-0.2, 0) is 13.0 Å². The van der Waals surface area contributed by atoms with Crippen molar-refractivity contribution in [1.29, 1.82) is 0 Å². The molecule has 0 fully saturated rings. The van der Waals surface area contributed by atoms with E-state index in [0.717, 1.165) is 18.7 Å². The Hall–Kier alpha value is -2.68. The summed E-state index contributed by atoms with van der Waals surface area (Å²) >= 11 is 0. The lowest BCUT2D eigenvalue weighted by atomic mass is 10.1. The van der Waals surface area contributed by atoms with E-state index in [-0.39, 0.29) is 0 Å². The van der Waals surface area contributed by atoms with Crippen LogP contribution in [0.25, 0.3) is 5.69 Å². The van der Waals surface area contributed by atoms with E-state index in [1.807, 2.05) is 12.1 Å². The molecule has 0 aliphatic rings. The minimum atomic E-state index is 0.881. The van der Waals surface area contributed by atoms with Crippen molar-refractivity contribution in [3.63, 3.8) is 0 Å². The number of unbranched alkanes of at least 4 members (excludes halogenated alkanes) is 3. The maximum Gasteiger partial charge on any atom is 0.119 e. The number of anilines is 1. The number of para-hydroxylation sites is 1. The SMILES string of the molecule is CCCCCCc1ccn(-c2ccc(OC)cc2)c1CN(C)c1ccccc1. The minimum Gasteiger partial charge on any atom is -0.497 e. The molecule has 0 aliphatic heterocycles. The molecule has 0 atom stereocenters. The lowest BCUT2D eigenvalue weighted by Gasteiger charge is -2.22. The number of nitrogens with zero attached hydrogens (tertiary/aromatic N) is 2. The van der Waals surface area contributed by atoms with Gasteiger partial charge in [0.1, 0.15) is 5.75 Å². The Morgan fingerprint density at radius 3 is 2.32 bits per heavy atom. The molecule has 0 spiro atoms. The predicted octanol–water partition coefficient (Wildman–Crippen LogP) is 6.25. The number of hydrogen-bond donors (Lipinski definition) is 0. The number of hydrogen-bond acceptors (Lipinski definition) is 2. The Kier molecular flexibility index (Phi) is 7.18. The summed E-state index contributed by atoms with van der Waals surface area (Å²) in [5.41, 5.74) is 5.24. The van der Waals surface area contributed by atoms with Gasteiger partial charge in [0.2, 0.25) is 0 Å². The van der Waals surface area contributed by atoms with Gasteiger partial charge in [-0.1, -0.05) is 44.4 Å². The fourth-order valence-electron chi connectivity index (χ4n) is 3.64. The first-order valence-corrected chi connectivity index (χ1v) is 10.3. The number of benzene rings is 2. The summed E-state index contributed by atoms with van der Waals surface area (Å²) in [7, 11) is 3.88. The standard InChI is InChI=1S/C25H32N2O/c1-4-5-6-8-11-21-18-19-27(23-14-16-24(28-3)17-15-23)25(21)20-26(2)22-12-9-7-10-13-22/h7,9-10,12-19H,4-6,8,11,20H2,1-3H3. The van der Waals surface area contributed by atoms with E-state index in [2.05, 4.69) is 78.2 Å². The topological polar surface area (TPSA) is 17.4 Å². The van der Waals surface area contributed by atoms with Crippen molar-refractivity contribution in [2.75, 3.05) is 19.1 Å². The molecule has 148 valence electrons. The van der Waals surface area contributed by atoms with Gasteiger partial charge >= 0.3 is 0 Å². The Morgan fingerprint density at radius 1 is 0.893 bits per heavy atom. The molecule has 3 rings (SSSR count). The summed E-state index contributed by atoms with van der Waals surface area (Å²) in [5.74, 6) is 0.888. The third kappa shape index (κ3) is 4.98. The molecule has 28 heavy (non-hydrogen) atoms. The second-order valence-corrected chi connectivity index (χ2v) is 7.36. The van der Waals surface area contributed by atoms with Gasteiger partial charge in [0.15, 0.2) is 0 Å². The number of ether oxygens (including phenoxy) is 1. The van der Waals surface area contributed by atoms with E-state index in [1.54, 1.807) is 7.11 Å². The van der Waals surface area contributed by atoms with E-state index >= 15 is 0 Å². The highest BCUT2D eigenvalue weighted by molar-refractivity contribution is 5.47. The molecule has 2 aromatic carbocycles. The van der Waals surface area contributed by atoms with E-state index in [9.17, 15) is 0 Å². The van der Waals surface area contributed by atoms with E-state index < -0.39 is 0 Å². The molecular formula is C25H32N2O. The van der Waals surface area contributed by atoms with Crippen molar-refractivity contribution in [3.05, 3.63) is 78.1 Å². The molecule has 0 radical (unpaired) electrons. The molecule has 1 aromatic heterocycles. The Bertz CT molecular complexity index is 837. The fourth-order valence-corrected chi connectivity index (χ4v) is 3.64. The molecule has 0 amide bonds. The van der Waals surface area contributed by atoms with Crippen molar-refractivity contribution in [3.8, 4) is 11.4 Å². The average molecular weight is 377 g/mol. The van der Waals surface area contributed by atoms with Crippen LogP contribution >= 0.6 is 0 Å². The second-order valence-electron chi connectivity index (χ2n) is 7.36. The van der Waals surface area contributed by atoms with Crippen molar-refractivity contribution in [2.45, 2.75) is 45.6 Å². The van der Waals surface area contributed by atoms with Crippen molar-refractivity contribution in [2.24, 2.45) is 0 Å². The third-order valence-corrected chi connectivity index (χ3v) is 5.32. The zero-order valence-electron chi connectivity index (χ0n) is 17.4. The largest absolute Gasteiger partial charge is 0.497 e. The molecule has 0 aliphatic carbocycles. The lowest BCUT2D eigenvalue weighted by molar-refractivity contribution is 0.414. The van der Waals surface area contributed by atoms with Crippen LogP contribution in [0.4, 0.5) is 5.69 Å². The van der Waals surface area contributed by atoms with Gasteiger partial charge in [0, 0.05) is 30.3 Å². The Balaban J connectivity index is 1.87. The average Bonchev–Trinajstić information content (AvgIpc) is 3.14. The third-order valence-electron chi connectivity index (χ3n) is 5.32. The van der Waals surface area contributed by atoms with Crippen LogP contribution in [0.2, 0.25) is 0 Å². The second kappa shape index (κ2) is 10.0. The summed E-state index contributed by atoms with van der Waals surface area (Å²) in [4.78, 5) is 2.32. The van der Waals surface area contributed by atoms with E-state index in [1.165, 1.54) is 48.3 Å². The van der Waals surface area contributed by atoms with Crippen LogP contribution in [0.3, 0.4) is 0 Å². The molecular weight excluding hydrogens is 344 g/mol. The summed E-state index contributed by atoms with van der Waals surface area (Å²) in [6.45, 7) is 3.15. The molecule has 1 heterocycles. The molecule has 0 saturated heterocycles. The highest BCUT2D eigenvalue weighted by atomic mass is 16.5. The van der Waals surface area contributed by atoms with Crippen molar-refractivity contribution < 1.29 is 4.74 Å². The molecule has 3 aromatic rings. The quantitative estimate of drug-likeness (QED) is 0.389. The molecule has 3 heteroatoms. The first-order valence-electron chi connectivity index (χ1n) is 10.3. The maximum absolute atomic E-state index is 5.32. The van der Waals surface area contributed by atoms with Gasteiger partial charge in [0.05, 0.1) is 13.7 Å². The summed E-state index contributed by atoms with van der Waals surface area (Å²) in [5, 5.41) is 0. The number of methoxy groups -OCH3 is 1. The van der Waals surface area contributed by atoms with Crippen LogP contribution in [0.15, 0.2) is 66.9 Å². The summed E-state index contributed by atoms with van der Waals surface area (Å²) in [6, 6.07) is 21.2. The summed E-state index contributed by atoms with van der Waals surface area (Å²) in [6.07, 6.45) is 8.50. The molecule has 0 unspecified atom stereocenters. The number of aromatic nitrogens is 1. The normalized spacial score (nSPS) is 10.8. The monoisotopic (exact) mass is 376 g/mol. The fraction of sp³-hybridized carbons (Fsp3) is 0.360. The molecule has 0 bridgehead atoms. The van der Waals surface area contributed by atoms with Crippen LogP contribution < -0.4 is 9.64 Å². The zero-order chi connectivity index (χ0) is 19.8. The molecule has 0 saturated carbocycles. The first kappa shape index (κ1) is 20.1. The van der Waals surface area contributed by atoms with Crippen LogP contribution in [-0.4, -0.2) is 18.7 Å². The number of aryl methyl sites for hydroxylation is 1. The highest BCUT2D eigenvalue weighted by Crippen LogP contribution is 2.24. The molecule has 3 nitrogen and oxygen atoms in total. The summed E-state index contributed by atoms with van der Waals surface area (Å²) < 4.78 is 7.65. The van der Waals surface area contributed by atoms with Gasteiger partial charge in [-0.3, -0.25) is 0 Å². The Labute approximate surface area is 169 Å². The zero-order valence-corrected chi connectivity index (χ0v) is 17.4. The highest BCUT2D eigenvalue weighted by Gasteiger charge is 2.13. The van der Waals surface area contributed by atoms with Gasteiger partial charge in [-0.05, 0) is 60.9 Å². The number of rotatable bonds is 10. The maximum atomic E-state index is 5.32. The minimum absolute atomic E-state index is 0.881. The van der Waals surface area contributed by atoms with Gasteiger partial charge in [-0.25, -0.2) is 0 Å². The van der Waals surface area contributed by atoms with Crippen LogP contribution in [0.1, 0.15) is 43.9 Å². The van der Waals surface area contributed by atoms with E-state index in [0.29, 0.717) is 0 Å². The Morgan fingerprint density at radius 2 is 1.64 bits per heavy atom. The first-order chi connectivity index (χ1) is 13.7. The molecule has 0 N–H and O–H groups in total. The van der Waals surface area contributed by atoms with Crippen molar-refractivity contribution in [1.82, 2.24) is 4.57 Å².